The third-order valence-electron chi connectivity index (χ3n) is 3.76. The van der Waals surface area contributed by atoms with Crippen LogP contribution < -0.4 is 0 Å². The van der Waals surface area contributed by atoms with E-state index in [2.05, 4.69) is 32.3 Å². The highest BCUT2D eigenvalue weighted by Gasteiger charge is 2.28. The van der Waals surface area contributed by atoms with Crippen LogP contribution in [-0.2, 0) is 0 Å². The summed E-state index contributed by atoms with van der Waals surface area (Å²) in [5.74, 6) is 0. The Morgan fingerprint density at radius 1 is 1.15 bits per heavy atom. The van der Waals surface area contributed by atoms with Gasteiger partial charge in [-0.2, -0.15) is 0 Å². The summed E-state index contributed by atoms with van der Waals surface area (Å²) < 4.78 is 2.91. The molecule has 0 N–H and O–H groups in total. The summed E-state index contributed by atoms with van der Waals surface area (Å²) in [5.41, 5.74) is 0. The van der Waals surface area contributed by atoms with Gasteiger partial charge in [0, 0.05) is 8.31 Å². The molecule has 3 heteroatoms. The van der Waals surface area contributed by atoms with Gasteiger partial charge < -0.3 is 4.57 Å². The van der Waals surface area contributed by atoms with Gasteiger partial charge in [-0.1, -0.05) is 39.8 Å². The molecule has 1 aliphatic heterocycles. The van der Waals surface area contributed by atoms with Gasteiger partial charge in [-0.25, -0.2) is 0 Å². The van der Waals surface area contributed by atoms with Gasteiger partial charge in [0.2, 0.25) is 0 Å². The van der Waals surface area contributed by atoms with Crippen LogP contribution in [0.15, 0.2) is 0 Å². The molecule has 1 aliphatic rings. The Labute approximate surface area is 87.2 Å². The Kier molecular flexibility index (Phi) is 4.69. The molecule has 0 aromatic rings. The zero-order valence-electron chi connectivity index (χ0n) is 9.71. The van der Waals surface area contributed by atoms with E-state index < -0.39 is 0 Å². The van der Waals surface area contributed by atoms with Crippen LogP contribution >= 0.6 is 0 Å². The summed E-state index contributed by atoms with van der Waals surface area (Å²) in [6, 6.07) is 4.93. The van der Waals surface area contributed by atoms with E-state index in [0.717, 1.165) is 12.1 Å². The zero-order valence-corrected chi connectivity index (χ0v) is 12.3. The Bertz CT molecular complexity index is 138. The number of hydrogen-bond acceptors (Lipinski definition) is 1. The molecule has 0 amide bonds. The molecule has 0 bridgehead atoms. The molecule has 1 heterocycles. The topological polar surface area (TPSA) is 3.24 Å². The first-order valence-electron chi connectivity index (χ1n) is 5.94. The number of hydrogen-bond donors (Lipinski definition) is 0. The molecule has 1 saturated heterocycles. The van der Waals surface area contributed by atoms with Crippen molar-refractivity contribution < 1.29 is 0 Å². The van der Waals surface area contributed by atoms with Gasteiger partial charge in [-0.3, -0.25) is 0 Å². The molecule has 0 spiro atoms. The molecule has 78 valence electrons. The monoisotopic (exact) mass is 215 g/mol. The third-order valence-corrected chi connectivity index (χ3v) is 14.5. The van der Waals surface area contributed by atoms with Crippen LogP contribution in [0.2, 0.25) is 12.1 Å². The van der Waals surface area contributed by atoms with E-state index in [9.17, 15) is 0 Å². The quantitative estimate of drug-likeness (QED) is 0.646. The van der Waals surface area contributed by atoms with Crippen molar-refractivity contribution in [3.8, 4) is 0 Å². The maximum absolute atomic E-state index is 2.91. The van der Waals surface area contributed by atoms with Gasteiger partial charge in [0.15, 0.2) is 0 Å². The first kappa shape index (κ1) is 11.5. The predicted molar refractivity (Wildman–Crippen MR) is 66.7 cm³/mol. The zero-order chi connectivity index (χ0) is 9.84. The van der Waals surface area contributed by atoms with Crippen LogP contribution in [-0.4, -0.2) is 34.2 Å². The fourth-order valence-corrected chi connectivity index (χ4v) is 10.7. The molecular formula is C10H25NSi2. The van der Waals surface area contributed by atoms with Crippen molar-refractivity contribution in [1.82, 2.24) is 4.57 Å². The maximum atomic E-state index is 2.91. The highest BCUT2D eigenvalue weighted by Crippen LogP contribution is 2.22. The van der Waals surface area contributed by atoms with Crippen LogP contribution in [0.1, 0.15) is 40.5 Å². The molecule has 0 aromatic heterocycles. The minimum Gasteiger partial charge on any atom is -0.327 e. The van der Waals surface area contributed by atoms with E-state index in [1.807, 2.05) is 0 Å². The molecule has 1 rings (SSSR count). The summed E-state index contributed by atoms with van der Waals surface area (Å²) in [6.45, 7) is 9.71. The van der Waals surface area contributed by atoms with Crippen LogP contribution in [0.4, 0.5) is 0 Å². The van der Waals surface area contributed by atoms with Crippen LogP contribution in [0.3, 0.4) is 0 Å². The van der Waals surface area contributed by atoms with Crippen molar-refractivity contribution >= 4 is 17.5 Å². The molecule has 0 aromatic carbocycles. The van der Waals surface area contributed by atoms with Gasteiger partial charge in [0.1, 0.15) is 0 Å². The Morgan fingerprint density at radius 3 is 2.00 bits per heavy atom. The van der Waals surface area contributed by atoms with Gasteiger partial charge in [-0.15, -0.1) is 0 Å². The lowest BCUT2D eigenvalue weighted by molar-refractivity contribution is 0.373. The lowest BCUT2D eigenvalue weighted by atomic mass is 10.2. The molecule has 2 atom stereocenters. The molecule has 0 saturated carbocycles. The molecule has 0 radical (unpaired) electrons. The Hall–Kier alpha value is 0.394. The Balaban J connectivity index is 2.41. The summed E-state index contributed by atoms with van der Waals surface area (Å²) >= 11 is 0. The second-order valence-corrected chi connectivity index (χ2v) is 13.7. The molecule has 1 fully saturated rings. The lowest BCUT2D eigenvalue weighted by Crippen LogP contribution is -2.43. The fraction of sp³-hybridized carbons (Fsp3) is 1.00. The second-order valence-electron chi connectivity index (χ2n) is 4.65. The predicted octanol–water partition coefficient (Wildman–Crippen LogP) is 1.71. The van der Waals surface area contributed by atoms with Gasteiger partial charge in [-0.05, 0) is 24.9 Å². The molecular weight excluding hydrogens is 190 g/mol. The summed E-state index contributed by atoms with van der Waals surface area (Å²) in [5, 5.41) is 0. The SMILES string of the molecule is CC[SiH](CC)[SiH2]N1C(C)CCC1C. The summed E-state index contributed by atoms with van der Waals surface area (Å²) in [4.78, 5) is 0. The number of rotatable bonds is 4. The van der Waals surface area contributed by atoms with Crippen molar-refractivity contribution in [2.24, 2.45) is 0 Å². The first-order chi connectivity index (χ1) is 6.19. The smallest absolute Gasteiger partial charge is 0.0839 e. The molecule has 0 aliphatic carbocycles. The van der Waals surface area contributed by atoms with Crippen LogP contribution in [0.25, 0.3) is 0 Å². The summed E-state index contributed by atoms with van der Waals surface area (Å²) in [7, 11) is -0.0784. The van der Waals surface area contributed by atoms with Crippen LogP contribution in [0.5, 0.6) is 0 Å². The van der Waals surface area contributed by atoms with Crippen molar-refractivity contribution in [1.29, 1.82) is 0 Å². The van der Waals surface area contributed by atoms with E-state index >= 15 is 0 Å². The van der Waals surface area contributed by atoms with Crippen molar-refractivity contribution in [2.75, 3.05) is 0 Å². The summed E-state index contributed by atoms with van der Waals surface area (Å²) in [6.07, 6.45) is 2.92. The molecule has 1 nitrogen and oxygen atoms in total. The minimum atomic E-state index is -0.257. The highest BCUT2D eigenvalue weighted by atomic mass is 29.2. The minimum absolute atomic E-state index is 0.179. The highest BCUT2D eigenvalue weighted by molar-refractivity contribution is 7.11. The fourth-order valence-electron chi connectivity index (χ4n) is 2.45. The largest absolute Gasteiger partial charge is 0.327 e. The van der Waals surface area contributed by atoms with E-state index in [-0.39, 0.29) is 17.5 Å². The third kappa shape index (κ3) is 2.93. The second kappa shape index (κ2) is 5.32. The lowest BCUT2D eigenvalue weighted by Gasteiger charge is -2.28. The maximum Gasteiger partial charge on any atom is 0.0839 e. The van der Waals surface area contributed by atoms with Gasteiger partial charge in [0.05, 0.1) is 9.20 Å². The normalized spacial score (nSPS) is 31.2. The Morgan fingerprint density at radius 2 is 1.62 bits per heavy atom. The van der Waals surface area contributed by atoms with Gasteiger partial charge >= 0.3 is 0 Å². The van der Waals surface area contributed by atoms with Crippen LogP contribution in [0, 0.1) is 0 Å². The average molecular weight is 215 g/mol. The van der Waals surface area contributed by atoms with E-state index in [1.54, 1.807) is 12.1 Å². The van der Waals surface area contributed by atoms with E-state index in [1.165, 1.54) is 12.8 Å². The first-order valence-corrected chi connectivity index (χ1v) is 11.5. The standard InChI is InChI=1S/C10H25NSi2/c1-5-13(6-2)12-11-9(3)7-8-10(11)4/h9-10,13H,5-8,12H2,1-4H3. The molecule has 2 unspecified atom stereocenters. The van der Waals surface area contributed by atoms with E-state index in [4.69, 9.17) is 0 Å². The van der Waals surface area contributed by atoms with E-state index in [0.29, 0.717) is 0 Å². The van der Waals surface area contributed by atoms with Crippen molar-refractivity contribution in [3.05, 3.63) is 0 Å². The van der Waals surface area contributed by atoms with Crippen molar-refractivity contribution in [2.45, 2.75) is 64.7 Å². The molecule has 13 heavy (non-hydrogen) atoms. The average Bonchev–Trinajstić information content (AvgIpc) is 2.44. The van der Waals surface area contributed by atoms with Crippen molar-refractivity contribution in [3.63, 3.8) is 0 Å². The number of nitrogens with zero attached hydrogens (tertiary/aromatic N) is 1. The van der Waals surface area contributed by atoms with Gasteiger partial charge in [0.25, 0.3) is 0 Å².